The molecule has 0 unspecified atom stereocenters. The number of aryl methyl sites for hydroxylation is 3. The van der Waals surface area contributed by atoms with Gasteiger partial charge in [-0.15, -0.1) is 0 Å². The highest BCUT2D eigenvalue weighted by atomic mass is 16.7. The van der Waals surface area contributed by atoms with Crippen LogP contribution in [0.1, 0.15) is 22.3 Å². The molecule has 0 saturated carbocycles. The lowest BCUT2D eigenvalue weighted by atomic mass is 9.80. The maximum absolute atomic E-state index is 13.0. The van der Waals surface area contributed by atoms with Gasteiger partial charge < -0.3 is 14.6 Å². The number of aliphatic hydroxyl groups excluding tert-OH is 1. The minimum absolute atomic E-state index is 0.0269. The van der Waals surface area contributed by atoms with Gasteiger partial charge in [0.1, 0.15) is 18.0 Å². The smallest absolute Gasteiger partial charge is 0.173 e. The second-order valence-electron chi connectivity index (χ2n) is 7.08. The van der Waals surface area contributed by atoms with E-state index in [0.29, 0.717) is 5.57 Å². The normalized spacial score (nSPS) is 41.1. The number of ether oxygens (including phenoxy) is 2. The summed E-state index contributed by atoms with van der Waals surface area (Å²) in [5.74, 6) is -0.231. The molecule has 114 valence electrons. The largest absolute Gasteiger partial charge is 0.511 e. The van der Waals surface area contributed by atoms with Crippen molar-refractivity contribution in [3.8, 4) is 0 Å². The molecular formula is C18H18O4. The van der Waals surface area contributed by atoms with Crippen molar-refractivity contribution in [3.05, 3.63) is 40.1 Å². The molecule has 1 aromatic rings. The van der Waals surface area contributed by atoms with E-state index in [-0.39, 0.29) is 47.8 Å². The van der Waals surface area contributed by atoms with Gasteiger partial charge in [-0.05, 0) is 37.5 Å². The number of carbonyl (C=O) groups is 1. The molecule has 1 aliphatic carbocycles. The lowest BCUT2D eigenvalue weighted by Gasteiger charge is -2.16. The Kier molecular flexibility index (Phi) is 2.23. The summed E-state index contributed by atoms with van der Waals surface area (Å²) in [5, 5.41) is 10.8. The lowest BCUT2D eigenvalue weighted by Crippen LogP contribution is -2.34. The monoisotopic (exact) mass is 298 g/mol. The van der Waals surface area contributed by atoms with Crippen molar-refractivity contribution in [3.63, 3.8) is 0 Å². The van der Waals surface area contributed by atoms with Crippen LogP contribution < -0.4 is 0 Å². The van der Waals surface area contributed by atoms with Crippen molar-refractivity contribution < 1.29 is 19.4 Å². The van der Waals surface area contributed by atoms with Crippen molar-refractivity contribution >= 4 is 11.4 Å². The summed E-state index contributed by atoms with van der Waals surface area (Å²) in [7, 11) is 0. The van der Waals surface area contributed by atoms with Crippen LogP contribution in [0.5, 0.6) is 0 Å². The summed E-state index contributed by atoms with van der Waals surface area (Å²) in [4.78, 5) is 13.0. The molecule has 5 rings (SSSR count). The summed E-state index contributed by atoms with van der Waals surface area (Å²) in [6, 6.07) is 4.13. The zero-order chi connectivity index (χ0) is 15.3. The first kappa shape index (κ1) is 12.9. The molecule has 0 spiro atoms. The molecule has 4 nitrogen and oxygen atoms in total. The first-order chi connectivity index (χ1) is 10.5. The number of epoxide rings is 1. The molecule has 22 heavy (non-hydrogen) atoms. The van der Waals surface area contributed by atoms with Gasteiger partial charge in [-0.25, -0.2) is 0 Å². The van der Waals surface area contributed by atoms with Crippen LogP contribution in [0.25, 0.3) is 5.57 Å². The Labute approximate surface area is 128 Å². The Hall–Kier alpha value is -1.65. The Bertz CT molecular complexity index is 739. The predicted octanol–water partition coefficient (Wildman–Crippen LogP) is 2.24. The molecule has 3 heterocycles. The summed E-state index contributed by atoms with van der Waals surface area (Å²) < 4.78 is 11.4. The molecule has 3 fully saturated rings. The third kappa shape index (κ3) is 1.33. The fraction of sp³-hybridized carbons (Fsp3) is 0.500. The molecule has 1 aromatic carbocycles. The van der Waals surface area contributed by atoms with Crippen molar-refractivity contribution in [1.29, 1.82) is 0 Å². The highest BCUT2D eigenvalue weighted by molar-refractivity contribution is 6.26. The average Bonchev–Trinajstić information content (AvgIpc) is 2.97. The highest BCUT2D eigenvalue weighted by Gasteiger charge is 2.73. The van der Waals surface area contributed by atoms with Crippen LogP contribution in [-0.4, -0.2) is 35.3 Å². The van der Waals surface area contributed by atoms with Crippen LogP contribution in [0.3, 0.4) is 0 Å². The number of carbonyl (C=O) groups excluding carboxylic acids is 1. The quantitative estimate of drug-likeness (QED) is 0.808. The summed E-state index contributed by atoms with van der Waals surface area (Å²) in [6.45, 7) is 6.05. The maximum atomic E-state index is 13.0. The van der Waals surface area contributed by atoms with E-state index in [2.05, 4.69) is 12.1 Å². The maximum Gasteiger partial charge on any atom is 0.173 e. The molecule has 0 radical (unpaired) electrons. The minimum atomic E-state index is -0.260. The van der Waals surface area contributed by atoms with Gasteiger partial charge in [0.2, 0.25) is 0 Å². The van der Waals surface area contributed by atoms with Crippen LogP contribution >= 0.6 is 0 Å². The van der Waals surface area contributed by atoms with Gasteiger partial charge in [0, 0.05) is 0 Å². The number of hydrogen-bond acceptors (Lipinski definition) is 4. The molecule has 0 aromatic heterocycles. The number of Topliss-reactive ketones (excluding diaryl/α,β-unsaturated/α-hetero) is 1. The Morgan fingerprint density at radius 2 is 1.45 bits per heavy atom. The summed E-state index contributed by atoms with van der Waals surface area (Å²) in [6.07, 6.45) is -0.158. The van der Waals surface area contributed by atoms with Crippen LogP contribution in [0, 0.1) is 32.6 Å². The van der Waals surface area contributed by atoms with Crippen molar-refractivity contribution in [2.75, 3.05) is 0 Å². The first-order valence-corrected chi connectivity index (χ1v) is 7.85. The Morgan fingerprint density at radius 1 is 0.909 bits per heavy atom. The van der Waals surface area contributed by atoms with E-state index in [9.17, 15) is 9.90 Å². The Morgan fingerprint density at radius 3 is 2.09 bits per heavy atom. The molecule has 2 bridgehead atoms. The van der Waals surface area contributed by atoms with E-state index < -0.39 is 0 Å². The van der Waals surface area contributed by atoms with E-state index in [1.54, 1.807) is 0 Å². The van der Waals surface area contributed by atoms with Crippen molar-refractivity contribution in [1.82, 2.24) is 0 Å². The molecule has 1 N–H and O–H groups in total. The van der Waals surface area contributed by atoms with Crippen molar-refractivity contribution in [2.45, 2.75) is 45.2 Å². The second-order valence-corrected chi connectivity index (χ2v) is 7.08. The lowest BCUT2D eigenvalue weighted by molar-refractivity contribution is -0.119. The van der Waals surface area contributed by atoms with Gasteiger partial charge in [0.05, 0.1) is 29.6 Å². The van der Waals surface area contributed by atoms with Gasteiger partial charge >= 0.3 is 0 Å². The van der Waals surface area contributed by atoms with Crippen LogP contribution in [-0.2, 0) is 14.3 Å². The Balaban J connectivity index is 1.67. The molecule has 4 heteroatoms. The fourth-order valence-corrected chi connectivity index (χ4v) is 4.91. The predicted molar refractivity (Wildman–Crippen MR) is 79.5 cm³/mol. The second kappa shape index (κ2) is 3.81. The average molecular weight is 298 g/mol. The molecular weight excluding hydrogens is 280 g/mol. The molecule has 3 saturated heterocycles. The third-order valence-electron chi connectivity index (χ3n) is 5.67. The first-order valence-electron chi connectivity index (χ1n) is 7.85. The van der Waals surface area contributed by atoms with Crippen LogP contribution in [0.4, 0.5) is 0 Å². The molecule has 4 aliphatic rings. The van der Waals surface area contributed by atoms with E-state index in [0.717, 1.165) is 16.7 Å². The van der Waals surface area contributed by atoms with E-state index in [1.807, 2.05) is 20.8 Å². The highest BCUT2D eigenvalue weighted by Crippen LogP contribution is 2.60. The number of ketones is 1. The van der Waals surface area contributed by atoms with E-state index in [1.165, 1.54) is 5.56 Å². The van der Waals surface area contributed by atoms with Crippen LogP contribution in [0.15, 0.2) is 17.9 Å². The topological polar surface area (TPSA) is 59.1 Å². The van der Waals surface area contributed by atoms with Crippen molar-refractivity contribution in [2.24, 2.45) is 11.8 Å². The van der Waals surface area contributed by atoms with E-state index >= 15 is 0 Å². The standard InChI is InChI=1S/C18H18O4/c1-6-4-7(2)9(8(3)5-6)10-13(19)11-12(14(10)20)16-18-17(22-18)15(11)21-16/h4-5,11-12,15-19H,1-3H3/t11-,12+,15+,16-,17+,18-/m1/s1. The zero-order valence-electron chi connectivity index (χ0n) is 12.8. The third-order valence-corrected chi connectivity index (χ3v) is 5.67. The number of fused-ring (bicyclic) bond motifs is 8. The SMILES string of the molecule is Cc1cc(C)c(C2=C(O)[C@@H]3[C@@H]4O[C@@H]([C@H]5O[C@H]54)[C@@H]3C2=O)c(C)c1. The van der Waals surface area contributed by atoms with Gasteiger partial charge in [-0.1, -0.05) is 17.7 Å². The zero-order valence-corrected chi connectivity index (χ0v) is 12.8. The minimum Gasteiger partial charge on any atom is -0.511 e. The summed E-state index contributed by atoms with van der Waals surface area (Å²) in [5.41, 5.74) is 4.67. The van der Waals surface area contributed by atoms with Gasteiger partial charge in [0.25, 0.3) is 0 Å². The molecule has 6 atom stereocenters. The molecule has 0 amide bonds. The summed E-state index contributed by atoms with van der Waals surface area (Å²) >= 11 is 0. The number of hydrogen-bond donors (Lipinski definition) is 1. The van der Waals surface area contributed by atoms with E-state index in [4.69, 9.17) is 9.47 Å². The van der Waals surface area contributed by atoms with Gasteiger partial charge in [-0.2, -0.15) is 0 Å². The number of allylic oxidation sites excluding steroid dienone is 1. The fourth-order valence-electron chi connectivity index (χ4n) is 4.91. The number of aliphatic hydroxyl groups is 1. The van der Waals surface area contributed by atoms with Gasteiger partial charge in [0.15, 0.2) is 5.78 Å². The molecule has 3 aliphatic heterocycles. The number of rotatable bonds is 1. The number of benzene rings is 1. The van der Waals surface area contributed by atoms with Gasteiger partial charge in [-0.3, -0.25) is 4.79 Å². The van der Waals surface area contributed by atoms with Crippen LogP contribution in [0.2, 0.25) is 0 Å².